The third kappa shape index (κ3) is 8.75. The molecule has 7 nitrogen and oxygen atoms in total. The topological polar surface area (TPSA) is 90.9 Å². The molecule has 1 aromatic rings. The summed E-state index contributed by atoms with van der Waals surface area (Å²) in [6.45, 7) is 7.54. The van der Waals surface area contributed by atoms with Gasteiger partial charge < -0.3 is 14.2 Å². The van der Waals surface area contributed by atoms with Gasteiger partial charge in [-0.25, -0.2) is 8.42 Å². The summed E-state index contributed by atoms with van der Waals surface area (Å²) in [4.78, 5) is 12.4. The number of hydrogen-bond donors (Lipinski definition) is 1. The van der Waals surface area contributed by atoms with Crippen LogP contribution in [0.15, 0.2) is 35.2 Å². The molecule has 8 heteroatoms. The lowest BCUT2D eigenvalue weighted by Crippen LogP contribution is -2.42. The Hall–Kier alpha value is -1.48. The van der Waals surface area contributed by atoms with Crippen LogP contribution in [0.5, 0.6) is 0 Å². The molecule has 0 amide bonds. The lowest BCUT2D eigenvalue weighted by atomic mass is 10.1. The Kier molecular flexibility index (Phi) is 10.4. The van der Waals surface area contributed by atoms with Crippen molar-refractivity contribution in [3.63, 3.8) is 0 Å². The third-order valence-corrected chi connectivity index (χ3v) is 4.88. The van der Waals surface area contributed by atoms with E-state index < -0.39 is 22.0 Å². The summed E-state index contributed by atoms with van der Waals surface area (Å²) in [7, 11) is -3.79. The van der Waals surface area contributed by atoms with E-state index in [1.54, 1.807) is 18.2 Å². The van der Waals surface area contributed by atoms with Crippen LogP contribution in [0.25, 0.3) is 0 Å². The van der Waals surface area contributed by atoms with E-state index in [1.807, 2.05) is 20.8 Å². The molecule has 0 spiro atoms. The Labute approximate surface area is 156 Å². The first-order chi connectivity index (χ1) is 12.4. The van der Waals surface area contributed by atoms with Crippen LogP contribution in [-0.4, -0.2) is 53.5 Å². The number of benzene rings is 1. The van der Waals surface area contributed by atoms with Crippen LogP contribution in [0.3, 0.4) is 0 Å². The highest BCUT2D eigenvalue weighted by molar-refractivity contribution is 7.89. The minimum absolute atomic E-state index is 0.0621. The standard InChI is InChI=1S/C18H29NO6S/c1-4-23-10-11-24-12-13-25-18(20)17(14-15(2)3)19-26(21,22)16-8-6-5-7-9-16/h5-9,15,17,19H,4,10-14H2,1-3H3/t17-/m0/s1. The number of sulfonamides is 1. The maximum absolute atomic E-state index is 12.4. The van der Waals surface area contributed by atoms with E-state index in [-0.39, 0.29) is 24.0 Å². The number of carbonyl (C=O) groups excluding carboxylic acids is 1. The second-order valence-corrected chi connectivity index (χ2v) is 7.81. The van der Waals surface area contributed by atoms with Crippen LogP contribution in [0.1, 0.15) is 27.2 Å². The van der Waals surface area contributed by atoms with Crippen molar-refractivity contribution in [1.82, 2.24) is 4.72 Å². The lowest BCUT2D eigenvalue weighted by molar-refractivity contribution is -0.147. The summed E-state index contributed by atoms with van der Waals surface area (Å²) in [6.07, 6.45) is 0.343. The van der Waals surface area contributed by atoms with Gasteiger partial charge in [0.05, 0.1) is 24.7 Å². The van der Waals surface area contributed by atoms with Gasteiger partial charge in [0, 0.05) is 6.61 Å². The molecule has 148 valence electrons. The number of rotatable bonds is 13. The number of esters is 1. The highest BCUT2D eigenvalue weighted by Crippen LogP contribution is 2.13. The maximum atomic E-state index is 12.4. The van der Waals surface area contributed by atoms with Crippen molar-refractivity contribution in [2.24, 2.45) is 5.92 Å². The van der Waals surface area contributed by atoms with Crippen molar-refractivity contribution in [1.29, 1.82) is 0 Å². The van der Waals surface area contributed by atoms with Crippen LogP contribution >= 0.6 is 0 Å². The fraction of sp³-hybridized carbons (Fsp3) is 0.611. The Balaban J connectivity index is 2.56. The molecule has 1 atom stereocenters. The Bertz CT molecular complexity index is 618. The molecule has 26 heavy (non-hydrogen) atoms. The smallest absolute Gasteiger partial charge is 0.324 e. The molecule has 0 aromatic heterocycles. The van der Waals surface area contributed by atoms with Crippen LogP contribution in [0, 0.1) is 5.92 Å². The molecule has 0 saturated carbocycles. The minimum atomic E-state index is -3.79. The van der Waals surface area contributed by atoms with Crippen molar-refractivity contribution in [2.45, 2.75) is 38.1 Å². The number of carbonyl (C=O) groups is 1. The van der Waals surface area contributed by atoms with Crippen molar-refractivity contribution >= 4 is 16.0 Å². The van der Waals surface area contributed by atoms with E-state index in [4.69, 9.17) is 14.2 Å². The van der Waals surface area contributed by atoms with Gasteiger partial charge in [0.25, 0.3) is 0 Å². The normalized spacial score (nSPS) is 12.9. The van der Waals surface area contributed by atoms with E-state index in [2.05, 4.69) is 4.72 Å². The van der Waals surface area contributed by atoms with Crippen LogP contribution in [-0.2, 0) is 29.0 Å². The fourth-order valence-electron chi connectivity index (χ4n) is 2.18. The van der Waals surface area contributed by atoms with Crippen LogP contribution in [0.4, 0.5) is 0 Å². The van der Waals surface area contributed by atoms with Gasteiger partial charge in [0.1, 0.15) is 12.6 Å². The molecule has 0 fully saturated rings. The first-order valence-electron chi connectivity index (χ1n) is 8.76. The molecular formula is C18H29NO6S. The molecule has 1 rings (SSSR count). The van der Waals surface area contributed by atoms with Crippen molar-refractivity contribution < 1.29 is 27.4 Å². The van der Waals surface area contributed by atoms with Crippen LogP contribution in [0.2, 0.25) is 0 Å². The Morgan fingerprint density at radius 2 is 1.65 bits per heavy atom. The summed E-state index contributed by atoms with van der Waals surface area (Å²) in [6, 6.07) is 7.00. The quantitative estimate of drug-likeness (QED) is 0.411. The highest BCUT2D eigenvalue weighted by Gasteiger charge is 2.27. The molecule has 1 aromatic carbocycles. The zero-order valence-corrected chi connectivity index (χ0v) is 16.5. The predicted molar refractivity (Wildman–Crippen MR) is 98.3 cm³/mol. The van der Waals surface area contributed by atoms with Crippen LogP contribution < -0.4 is 4.72 Å². The van der Waals surface area contributed by atoms with Crippen molar-refractivity contribution in [3.8, 4) is 0 Å². The summed E-state index contributed by atoms with van der Waals surface area (Å²) in [5, 5.41) is 0. The molecule has 0 saturated heterocycles. The van der Waals surface area contributed by atoms with Gasteiger partial charge in [-0.15, -0.1) is 0 Å². The number of ether oxygens (including phenoxy) is 3. The molecule has 0 bridgehead atoms. The minimum Gasteiger partial charge on any atom is -0.462 e. The largest absolute Gasteiger partial charge is 0.462 e. The second kappa shape index (κ2) is 12.0. The van der Waals surface area contributed by atoms with Gasteiger partial charge in [-0.1, -0.05) is 32.0 Å². The molecule has 0 radical (unpaired) electrons. The molecule has 0 aliphatic heterocycles. The average Bonchev–Trinajstić information content (AvgIpc) is 2.60. The molecule has 0 heterocycles. The average molecular weight is 387 g/mol. The Morgan fingerprint density at radius 3 is 2.27 bits per heavy atom. The second-order valence-electron chi connectivity index (χ2n) is 6.09. The Morgan fingerprint density at radius 1 is 1.04 bits per heavy atom. The first kappa shape index (κ1) is 22.6. The van der Waals surface area contributed by atoms with Gasteiger partial charge in [0.15, 0.2) is 0 Å². The number of nitrogens with one attached hydrogen (secondary N) is 1. The summed E-state index contributed by atoms with van der Waals surface area (Å²) in [5.41, 5.74) is 0. The lowest BCUT2D eigenvalue weighted by Gasteiger charge is -2.19. The maximum Gasteiger partial charge on any atom is 0.324 e. The monoisotopic (exact) mass is 387 g/mol. The summed E-state index contributed by atoms with van der Waals surface area (Å²) >= 11 is 0. The zero-order chi connectivity index (χ0) is 19.4. The van der Waals surface area contributed by atoms with E-state index in [9.17, 15) is 13.2 Å². The zero-order valence-electron chi connectivity index (χ0n) is 15.6. The van der Waals surface area contributed by atoms with Crippen molar-refractivity contribution in [3.05, 3.63) is 30.3 Å². The SMILES string of the molecule is CCOCCOCCOC(=O)[C@H](CC(C)C)NS(=O)(=O)c1ccccc1. The summed E-state index contributed by atoms with van der Waals surface area (Å²) < 4.78 is 42.9. The van der Waals surface area contributed by atoms with E-state index in [0.717, 1.165) is 0 Å². The van der Waals surface area contributed by atoms with Gasteiger partial charge in [-0.3, -0.25) is 4.79 Å². The van der Waals surface area contributed by atoms with Gasteiger partial charge in [-0.2, -0.15) is 4.72 Å². The van der Waals surface area contributed by atoms with E-state index in [0.29, 0.717) is 26.2 Å². The number of hydrogen-bond acceptors (Lipinski definition) is 6. The van der Waals surface area contributed by atoms with Gasteiger partial charge in [0.2, 0.25) is 10.0 Å². The van der Waals surface area contributed by atoms with Gasteiger partial charge >= 0.3 is 5.97 Å². The highest BCUT2D eigenvalue weighted by atomic mass is 32.2. The van der Waals surface area contributed by atoms with Crippen molar-refractivity contribution in [2.75, 3.05) is 33.0 Å². The fourth-order valence-corrected chi connectivity index (χ4v) is 3.40. The molecule has 0 aliphatic carbocycles. The van der Waals surface area contributed by atoms with E-state index in [1.165, 1.54) is 12.1 Å². The molecular weight excluding hydrogens is 358 g/mol. The summed E-state index contributed by atoms with van der Waals surface area (Å²) in [5.74, 6) is -0.486. The third-order valence-electron chi connectivity index (χ3n) is 3.39. The molecule has 0 unspecified atom stereocenters. The van der Waals surface area contributed by atoms with E-state index >= 15 is 0 Å². The molecule has 0 aliphatic rings. The first-order valence-corrected chi connectivity index (χ1v) is 10.2. The van der Waals surface area contributed by atoms with Gasteiger partial charge in [-0.05, 0) is 31.4 Å². The molecule has 1 N–H and O–H groups in total. The predicted octanol–water partition coefficient (Wildman–Crippen LogP) is 1.98.